The number of aromatic nitrogens is 3. The molecule has 1 aliphatic heterocycles. The van der Waals surface area contributed by atoms with Gasteiger partial charge in [0.2, 0.25) is 11.8 Å². The molecule has 4 rings (SSSR count). The highest BCUT2D eigenvalue weighted by Crippen LogP contribution is 2.26. The zero-order valence-corrected chi connectivity index (χ0v) is 20.3. The molecule has 1 saturated heterocycles. The Morgan fingerprint density at radius 2 is 1.94 bits per heavy atom. The van der Waals surface area contributed by atoms with Gasteiger partial charge in [-0.15, -0.1) is 0 Å². The first kappa shape index (κ1) is 24.7. The minimum absolute atomic E-state index is 0.0655. The molecule has 10 heteroatoms. The fourth-order valence-corrected chi connectivity index (χ4v) is 4.08. The van der Waals surface area contributed by atoms with Crippen LogP contribution in [0.2, 0.25) is 5.02 Å². The van der Waals surface area contributed by atoms with E-state index in [1.807, 2.05) is 30.3 Å². The number of carbonyl (C=O) groups is 2. The summed E-state index contributed by atoms with van der Waals surface area (Å²) in [7, 11) is 1.76. The standard InChI is InChI=1S/C25H28ClN5O4/c1-29(14-20-5-3-2-4-6-20)23(32)13-25(17-34-22-9-7-21(26)8-10-22)16-30(11-12-35-25)24(33)15-31-19-27-18-28-31/h2-10,18-19H,11-17H2,1H3. The van der Waals surface area contributed by atoms with E-state index < -0.39 is 5.60 Å². The first-order valence-corrected chi connectivity index (χ1v) is 11.7. The first-order chi connectivity index (χ1) is 16.9. The van der Waals surface area contributed by atoms with Gasteiger partial charge in [-0.05, 0) is 29.8 Å². The summed E-state index contributed by atoms with van der Waals surface area (Å²) in [6, 6.07) is 16.8. The van der Waals surface area contributed by atoms with Crippen LogP contribution in [0.5, 0.6) is 5.75 Å². The predicted octanol–water partition coefficient (Wildman–Crippen LogP) is 2.66. The number of carbonyl (C=O) groups excluding carboxylic acids is 2. The molecular weight excluding hydrogens is 470 g/mol. The molecule has 0 aliphatic carbocycles. The van der Waals surface area contributed by atoms with Crippen LogP contribution in [0.4, 0.5) is 0 Å². The molecule has 1 atom stereocenters. The molecule has 1 aliphatic rings. The largest absolute Gasteiger partial charge is 0.490 e. The van der Waals surface area contributed by atoms with Crippen LogP contribution in [-0.2, 0) is 27.4 Å². The second-order valence-electron chi connectivity index (χ2n) is 8.59. The Morgan fingerprint density at radius 1 is 1.17 bits per heavy atom. The van der Waals surface area contributed by atoms with Crippen molar-refractivity contribution in [2.24, 2.45) is 0 Å². The van der Waals surface area contributed by atoms with E-state index in [1.54, 1.807) is 41.1 Å². The Hall–Kier alpha value is -3.43. The van der Waals surface area contributed by atoms with E-state index in [0.29, 0.717) is 30.5 Å². The third-order valence-electron chi connectivity index (χ3n) is 5.84. The summed E-state index contributed by atoms with van der Waals surface area (Å²) in [5.74, 6) is 0.382. The maximum Gasteiger partial charge on any atom is 0.244 e. The highest BCUT2D eigenvalue weighted by molar-refractivity contribution is 6.30. The fourth-order valence-electron chi connectivity index (χ4n) is 3.96. The van der Waals surface area contributed by atoms with Gasteiger partial charge in [-0.3, -0.25) is 9.59 Å². The van der Waals surface area contributed by atoms with Crippen LogP contribution in [0.15, 0.2) is 67.3 Å². The van der Waals surface area contributed by atoms with Gasteiger partial charge >= 0.3 is 0 Å². The molecule has 2 amide bonds. The summed E-state index contributed by atoms with van der Waals surface area (Å²) in [4.78, 5) is 33.5. The molecule has 1 unspecified atom stereocenters. The monoisotopic (exact) mass is 497 g/mol. The van der Waals surface area contributed by atoms with Crippen molar-refractivity contribution in [1.82, 2.24) is 24.6 Å². The SMILES string of the molecule is CN(Cc1ccccc1)C(=O)CC1(COc2ccc(Cl)cc2)CN(C(=O)Cn2cncn2)CCO1. The molecule has 1 aromatic heterocycles. The normalized spacial score (nSPS) is 17.7. The summed E-state index contributed by atoms with van der Waals surface area (Å²) in [6.07, 6.45) is 2.95. The van der Waals surface area contributed by atoms with E-state index in [1.165, 1.54) is 17.3 Å². The van der Waals surface area contributed by atoms with Gasteiger partial charge in [0, 0.05) is 25.2 Å². The van der Waals surface area contributed by atoms with Crippen LogP contribution in [0.1, 0.15) is 12.0 Å². The second-order valence-corrected chi connectivity index (χ2v) is 9.03. The summed E-state index contributed by atoms with van der Waals surface area (Å²) in [6.45, 7) is 1.58. The van der Waals surface area contributed by atoms with Crippen LogP contribution in [0.25, 0.3) is 0 Å². The van der Waals surface area contributed by atoms with Gasteiger partial charge in [0.15, 0.2) is 0 Å². The third-order valence-corrected chi connectivity index (χ3v) is 6.09. The molecule has 9 nitrogen and oxygen atoms in total. The topological polar surface area (TPSA) is 89.8 Å². The molecule has 0 saturated carbocycles. The van der Waals surface area contributed by atoms with Gasteiger partial charge in [-0.2, -0.15) is 5.10 Å². The molecule has 0 spiro atoms. The van der Waals surface area contributed by atoms with Crippen molar-refractivity contribution in [3.63, 3.8) is 0 Å². The highest BCUT2D eigenvalue weighted by Gasteiger charge is 2.42. The molecule has 35 heavy (non-hydrogen) atoms. The number of halogens is 1. The zero-order valence-electron chi connectivity index (χ0n) is 19.5. The van der Waals surface area contributed by atoms with Gasteiger partial charge in [0.05, 0.1) is 19.6 Å². The fraction of sp³-hybridized carbons (Fsp3) is 0.360. The van der Waals surface area contributed by atoms with E-state index in [-0.39, 0.29) is 37.9 Å². The van der Waals surface area contributed by atoms with Gasteiger partial charge < -0.3 is 19.3 Å². The smallest absolute Gasteiger partial charge is 0.244 e. The number of benzene rings is 2. The molecule has 3 aromatic rings. The number of amides is 2. The third kappa shape index (κ3) is 6.80. The Morgan fingerprint density at radius 3 is 2.66 bits per heavy atom. The number of rotatable bonds is 9. The minimum Gasteiger partial charge on any atom is -0.490 e. The van der Waals surface area contributed by atoms with Crippen LogP contribution in [0, 0.1) is 0 Å². The van der Waals surface area contributed by atoms with Crippen LogP contribution >= 0.6 is 11.6 Å². The van der Waals surface area contributed by atoms with Crippen LogP contribution < -0.4 is 4.74 Å². The quantitative estimate of drug-likeness (QED) is 0.451. The number of morpholine rings is 1. The Labute approximate surface area is 209 Å². The summed E-state index contributed by atoms with van der Waals surface area (Å²) in [5.41, 5.74) is 0.0295. The molecule has 0 radical (unpaired) electrons. The molecular formula is C25H28ClN5O4. The van der Waals surface area contributed by atoms with Gasteiger partial charge in [0.25, 0.3) is 0 Å². The van der Waals surface area contributed by atoms with E-state index in [0.717, 1.165) is 5.56 Å². The van der Waals surface area contributed by atoms with E-state index in [9.17, 15) is 9.59 Å². The molecule has 2 heterocycles. The van der Waals surface area contributed by atoms with Crippen molar-refractivity contribution in [1.29, 1.82) is 0 Å². The van der Waals surface area contributed by atoms with E-state index in [2.05, 4.69) is 10.1 Å². The lowest BCUT2D eigenvalue weighted by molar-refractivity contribution is -0.166. The van der Waals surface area contributed by atoms with Crippen molar-refractivity contribution in [3.8, 4) is 5.75 Å². The predicted molar refractivity (Wildman–Crippen MR) is 130 cm³/mol. The van der Waals surface area contributed by atoms with Crippen molar-refractivity contribution in [2.45, 2.75) is 25.1 Å². The summed E-state index contributed by atoms with van der Waals surface area (Å²) in [5, 5.41) is 4.61. The van der Waals surface area contributed by atoms with Crippen LogP contribution in [0.3, 0.4) is 0 Å². The molecule has 1 fully saturated rings. The Kier molecular flexibility index (Phi) is 7.99. The van der Waals surface area contributed by atoms with Crippen molar-refractivity contribution in [2.75, 3.05) is 33.4 Å². The van der Waals surface area contributed by atoms with Gasteiger partial charge in [-0.1, -0.05) is 41.9 Å². The van der Waals surface area contributed by atoms with Crippen LogP contribution in [-0.4, -0.2) is 75.3 Å². The molecule has 0 bridgehead atoms. The van der Waals surface area contributed by atoms with Crippen molar-refractivity contribution >= 4 is 23.4 Å². The maximum atomic E-state index is 13.3. The number of hydrogen-bond donors (Lipinski definition) is 0. The van der Waals surface area contributed by atoms with E-state index >= 15 is 0 Å². The number of ether oxygens (including phenoxy) is 2. The number of hydrogen-bond acceptors (Lipinski definition) is 6. The highest BCUT2D eigenvalue weighted by atomic mass is 35.5. The lowest BCUT2D eigenvalue weighted by Crippen LogP contribution is -2.58. The van der Waals surface area contributed by atoms with Crippen molar-refractivity contribution < 1.29 is 19.1 Å². The first-order valence-electron chi connectivity index (χ1n) is 11.3. The van der Waals surface area contributed by atoms with Gasteiger partial charge in [0.1, 0.15) is 37.2 Å². The summed E-state index contributed by atoms with van der Waals surface area (Å²) < 4.78 is 13.7. The summed E-state index contributed by atoms with van der Waals surface area (Å²) >= 11 is 5.98. The van der Waals surface area contributed by atoms with Crippen molar-refractivity contribution in [3.05, 3.63) is 77.8 Å². The van der Waals surface area contributed by atoms with E-state index in [4.69, 9.17) is 21.1 Å². The number of nitrogens with zero attached hydrogens (tertiary/aromatic N) is 5. The zero-order chi connectivity index (χ0) is 24.7. The Balaban J connectivity index is 1.48. The molecule has 184 valence electrons. The molecule has 0 N–H and O–H groups in total. The maximum absolute atomic E-state index is 13.3. The lowest BCUT2D eigenvalue weighted by atomic mass is 9.96. The average Bonchev–Trinajstić information content (AvgIpc) is 3.37. The lowest BCUT2D eigenvalue weighted by Gasteiger charge is -2.42. The molecule has 2 aromatic carbocycles. The van der Waals surface area contributed by atoms with Gasteiger partial charge in [-0.25, -0.2) is 9.67 Å². The minimum atomic E-state index is -1.00. The second kappa shape index (κ2) is 11.3. The Bertz CT molecular complexity index is 1110. The average molecular weight is 498 g/mol.